The molecule has 0 spiro atoms. The van der Waals surface area contributed by atoms with Gasteiger partial charge in [-0.05, 0) is 69.7 Å². The maximum atomic E-state index is 13.7. The third-order valence-electron chi connectivity index (χ3n) is 4.76. The van der Waals surface area contributed by atoms with E-state index in [0.29, 0.717) is 22.9 Å². The highest BCUT2D eigenvalue weighted by atomic mass is 19.1. The second kappa shape index (κ2) is 9.35. The smallest absolute Gasteiger partial charge is 0.255 e. The predicted octanol–water partition coefficient (Wildman–Crippen LogP) is 5.07. The number of aryl methyl sites for hydroxylation is 2. The van der Waals surface area contributed by atoms with Gasteiger partial charge in [-0.15, -0.1) is 0 Å². The van der Waals surface area contributed by atoms with Gasteiger partial charge in [0.15, 0.2) is 0 Å². The van der Waals surface area contributed by atoms with Gasteiger partial charge in [0, 0.05) is 36.1 Å². The van der Waals surface area contributed by atoms with Gasteiger partial charge in [0.2, 0.25) is 0 Å². The van der Waals surface area contributed by atoms with Crippen molar-refractivity contribution in [1.82, 2.24) is 9.97 Å². The summed E-state index contributed by atoms with van der Waals surface area (Å²) >= 11 is 0. The summed E-state index contributed by atoms with van der Waals surface area (Å²) in [6.07, 6.45) is 0. The first-order valence-electron chi connectivity index (χ1n) is 9.94. The number of carbonyl (C=O) groups excluding carboxylic acids is 1. The average molecular weight is 407 g/mol. The lowest BCUT2D eigenvalue weighted by molar-refractivity contribution is 0.102. The third kappa shape index (κ3) is 5.11. The summed E-state index contributed by atoms with van der Waals surface area (Å²) in [6.45, 7) is 9.44. The number of nitrogens with zero attached hydrogens (tertiary/aromatic N) is 3. The number of hydrogen-bond acceptors (Lipinski definition) is 5. The second-order valence-corrected chi connectivity index (χ2v) is 6.95. The fourth-order valence-corrected chi connectivity index (χ4v) is 3.05. The van der Waals surface area contributed by atoms with Crippen molar-refractivity contribution in [1.29, 1.82) is 0 Å². The molecule has 7 heteroatoms. The summed E-state index contributed by atoms with van der Waals surface area (Å²) in [5, 5.41) is 6.05. The number of nitrogens with one attached hydrogen (secondary N) is 2. The normalized spacial score (nSPS) is 10.6. The zero-order chi connectivity index (χ0) is 21.7. The van der Waals surface area contributed by atoms with E-state index in [2.05, 4.69) is 39.3 Å². The molecule has 0 atom stereocenters. The topological polar surface area (TPSA) is 70.2 Å². The first kappa shape index (κ1) is 21.2. The van der Waals surface area contributed by atoms with Crippen LogP contribution in [0.3, 0.4) is 0 Å². The maximum absolute atomic E-state index is 13.7. The summed E-state index contributed by atoms with van der Waals surface area (Å²) in [5.74, 6) is 1.52. The molecule has 2 aromatic carbocycles. The summed E-state index contributed by atoms with van der Waals surface area (Å²) in [6, 6.07) is 13.6. The van der Waals surface area contributed by atoms with Crippen molar-refractivity contribution >= 4 is 28.9 Å². The van der Waals surface area contributed by atoms with Crippen molar-refractivity contribution in [3.8, 4) is 0 Å². The molecule has 0 fully saturated rings. The Balaban J connectivity index is 1.70. The van der Waals surface area contributed by atoms with Crippen LogP contribution >= 0.6 is 0 Å². The molecule has 3 aromatic rings. The van der Waals surface area contributed by atoms with Gasteiger partial charge >= 0.3 is 0 Å². The molecule has 0 saturated heterocycles. The van der Waals surface area contributed by atoms with Crippen molar-refractivity contribution in [2.45, 2.75) is 27.7 Å². The Labute approximate surface area is 176 Å². The molecule has 1 aromatic heterocycles. The van der Waals surface area contributed by atoms with Gasteiger partial charge in [-0.3, -0.25) is 4.79 Å². The van der Waals surface area contributed by atoms with Gasteiger partial charge in [-0.25, -0.2) is 14.4 Å². The Morgan fingerprint density at radius 1 is 0.967 bits per heavy atom. The lowest BCUT2D eigenvalue weighted by Crippen LogP contribution is -2.23. The molecular formula is C23H26FN5O. The molecule has 3 rings (SSSR count). The van der Waals surface area contributed by atoms with Crippen LogP contribution in [0.2, 0.25) is 0 Å². The number of hydrogen-bond donors (Lipinski definition) is 2. The van der Waals surface area contributed by atoms with Crippen LogP contribution in [0.15, 0.2) is 48.5 Å². The lowest BCUT2D eigenvalue weighted by atomic mass is 10.1. The van der Waals surface area contributed by atoms with Gasteiger partial charge in [-0.2, -0.15) is 0 Å². The summed E-state index contributed by atoms with van der Waals surface area (Å²) < 4.78 is 13.7. The van der Waals surface area contributed by atoms with Gasteiger partial charge in [0.1, 0.15) is 23.3 Å². The summed E-state index contributed by atoms with van der Waals surface area (Å²) in [4.78, 5) is 23.5. The van der Waals surface area contributed by atoms with E-state index in [-0.39, 0.29) is 11.5 Å². The van der Waals surface area contributed by atoms with Crippen molar-refractivity contribution in [3.63, 3.8) is 0 Å². The van der Waals surface area contributed by atoms with Crippen LogP contribution in [0, 0.1) is 19.7 Å². The fourth-order valence-electron chi connectivity index (χ4n) is 3.05. The molecule has 0 unspecified atom stereocenters. The van der Waals surface area contributed by atoms with E-state index in [1.165, 1.54) is 6.07 Å². The third-order valence-corrected chi connectivity index (χ3v) is 4.76. The molecule has 0 saturated carbocycles. The zero-order valence-electron chi connectivity index (χ0n) is 17.7. The van der Waals surface area contributed by atoms with Gasteiger partial charge in [-0.1, -0.05) is 6.07 Å². The van der Waals surface area contributed by atoms with Crippen LogP contribution < -0.4 is 15.5 Å². The molecule has 6 nitrogen and oxygen atoms in total. The van der Waals surface area contributed by atoms with Crippen molar-refractivity contribution in [2.75, 3.05) is 28.6 Å². The Bertz CT molecular complexity index is 1030. The molecule has 156 valence electrons. The molecule has 1 heterocycles. The highest BCUT2D eigenvalue weighted by molar-refractivity contribution is 6.04. The number of carbonyl (C=O) groups is 1. The first-order chi connectivity index (χ1) is 14.4. The van der Waals surface area contributed by atoms with Crippen LogP contribution in [0.5, 0.6) is 0 Å². The van der Waals surface area contributed by atoms with Gasteiger partial charge in [0.05, 0.1) is 0 Å². The fraction of sp³-hybridized carbons (Fsp3) is 0.261. The van der Waals surface area contributed by atoms with Crippen molar-refractivity contribution in [2.24, 2.45) is 0 Å². The predicted molar refractivity (Wildman–Crippen MR) is 119 cm³/mol. The molecule has 1 amide bonds. The van der Waals surface area contributed by atoms with Crippen LogP contribution in [0.1, 0.15) is 35.6 Å². The molecule has 2 N–H and O–H groups in total. The minimum absolute atomic E-state index is 0.278. The average Bonchev–Trinajstić information content (AvgIpc) is 2.72. The monoisotopic (exact) mass is 407 g/mol. The lowest BCUT2D eigenvalue weighted by Gasteiger charge is -2.20. The standard InChI is InChI=1S/C23H26FN5O/c1-5-29(6-2)22-14-21(25-16(4)26-22)27-18-9-11-19(12-10-18)28-23(30)17-8-7-15(3)20(24)13-17/h7-14H,5-6H2,1-4H3,(H,28,30)(H,25,26,27). The van der Waals surface area contributed by atoms with Gasteiger partial charge < -0.3 is 15.5 Å². The highest BCUT2D eigenvalue weighted by Gasteiger charge is 2.10. The number of rotatable bonds is 7. The molecule has 0 bridgehead atoms. The molecule has 0 aliphatic rings. The maximum Gasteiger partial charge on any atom is 0.255 e. The molecule has 0 aliphatic heterocycles. The Morgan fingerprint density at radius 3 is 2.27 bits per heavy atom. The largest absolute Gasteiger partial charge is 0.357 e. The zero-order valence-corrected chi connectivity index (χ0v) is 17.7. The quantitative estimate of drug-likeness (QED) is 0.572. The van der Waals surface area contributed by atoms with Crippen LogP contribution in [-0.2, 0) is 0 Å². The van der Waals surface area contributed by atoms with E-state index in [4.69, 9.17) is 0 Å². The highest BCUT2D eigenvalue weighted by Crippen LogP contribution is 2.22. The van der Waals surface area contributed by atoms with E-state index in [9.17, 15) is 9.18 Å². The summed E-state index contributed by atoms with van der Waals surface area (Å²) in [7, 11) is 0. The molecule has 30 heavy (non-hydrogen) atoms. The number of halogens is 1. The van der Waals surface area contributed by atoms with E-state index in [0.717, 1.165) is 24.6 Å². The van der Waals surface area contributed by atoms with E-state index in [1.807, 2.05) is 25.1 Å². The second-order valence-electron chi connectivity index (χ2n) is 6.95. The minimum atomic E-state index is -0.397. The number of anilines is 4. The van der Waals surface area contributed by atoms with E-state index in [1.54, 1.807) is 31.2 Å². The minimum Gasteiger partial charge on any atom is -0.357 e. The molecule has 0 aliphatic carbocycles. The van der Waals surface area contributed by atoms with Crippen LogP contribution in [-0.4, -0.2) is 29.0 Å². The SMILES string of the molecule is CCN(CC)c1cc(Nc2ccc(NC(=O)c3ccc(C)c(F)c3)cc2)nc(C)n1. The number of benzene rings is 2. The van der Waals surface area contributed by atoms with Crippen LogP contribution in [0.25, 0.3) is 0 Å². The molecule has 0 radical (unpaired) electrons. The van der Waals surface area contributed by atoms with E-state index >= 15 is 0 Å². The van der Waals surface area contributed by atoms with Crippen molar-refractivity contribution in [3.05, 3.63) is 71.3 Å². The number of aromatic nitrogens is 2. The number of amides is 1. The van der Waals surface area contributed by atoms with Crippen LogP contribution in [0.4, 0.5) is 27.4 Å². The van der Waals surface area contributed by atoms with E-state index < -0.39 is 5.82 Å². The Hall–Kier alpha value is -3.48. The summed E-state index contributed by atoms with van der Waals surface area (Å²) in [5.41, 5.74) is 2.24. The molecular weight excluding hydrogens is 381 g/mol. The Kier molecular flexibility index (Phi) is 6.61. The van der Waals surface area contributed by atoms with Gasteiger partial charge in [0.25, 0.3) is 5.91 Å². The van der Waals surface area contributed by atoms with Crippen molar-refractivity contribution < 1.29 is 9.18 Å². The first-order valence-corrected chi connectivity index (χ1v) is 9.94. The Morgan fingerprint density at radius 2 is 1.63 bits per heavy atom.